The summed E-state index contributed by atoms with van der Waals surface area (Å²) < 4.78 is 24.6. The molecule has 0 bridgehead atoms. The Hall–Kier alpha value is -1.67. The van der Waals surface area contributed by atoms with Gasteiger partial charge in [-0.05, 0) is 41.0 Å². The Morgan fingerprint density at radius 2 is 2.19 bits per heavy atom. The van der Waals surface area contributed by atoms with E-state index in [0.29, 0.717) is 35.1 Å². The number of nitrogens with zero attached hydrogens (tertiary/aromatic N) is 4. The number of sulfone groups is 1. The number of rotatable bonds is 3. The molecule has 2 aromatic rings. The smallest absolute Gasteiger partial charge is 0.182 e. The Bertz CT molecular complexity index is 753. The molecule has 1 aliphatic rings. The third kappa shape index (κ3) is 3.16. The molecule has 1 saturated heterocycles. The molecule has 2 heterocycles. The Morgan fingerprint density at radius 1 is 1.38 bits per heavy atom. The summed E-state index contributed by atoms with van der Waals surface area (Å²) in [7, 11) is -2.91. The van der Waals surface area contributed by atoms with Crippen LogP contribution in [-0.4, -0.2) is 40.1 Å². The minimum Gasteiger partial charge on any atom is -0.399 e. The molecule has 1 aliphatic heterocycles. The SMILES string of the molecule is Nc1cc(Cl)cc(-c2nnnn2CC2CCS(=O)(=O)C2)c1. The summed E-state index contributed by atoms with van der Waals surface area (Å²) in [5, 5.41) is 12.1. The van der Waals surface area contributed by atoms with Crippen molar-refractivity contribution >= 4 is 27.1 Å². The van der Waals surface area contributed by atoms with Crippen LogP contribution in [0.4, 0.5) is 5.69 Å². The number of benzene rings is 1. The second-order valence-corrected chi connectivity index (χ2v) is 7.89. The van der Waals surface area contributed by atoms with Crippen molar-refractivity contribution in [3.05, 3.63) is 23.2 Å². The molecular weight excluding hydrogens is 314 g/mol. The zero-order valence-corrected chi connectivity index (χ0v) is 12.7. The largest absolute Gasteiger partial charge is 0.399 e. The van der Waals surface area contributed by atoms with Gasteiger partial charge in [0, 0.05) is 22.8 Å². The van der Waals surface area contributed by atoms with Gasteiger partial charge < -0.3 is 5.73 Å². The Balaban J connectivity index is 1.87. The van der Waals surface area contributed by atoms with Crippen LogP contribution in [0.3, 0.4) is 0 Å². The van der Waals surface area contributed by atoms with Gasteiger partial charge in [-0.3, -0.25) is 0 Å². The highest BCUT2D eigenvalue weighted by Crippen LogP contribution is 2.26. The molecule has 0 saturated carbocycles. The van der Waals surface area contributed by atoms with Crippen molar-refractivity contribution in [1.82, 2.24) is 20.2 Å². The molecule has 1 aromatic carbocycles. The van der Waals surface area contributed by atoms with E-state index >= 15 is 0 Å². The predicted molar refractivity (Wildman–Crippen MR) is 79.4 cm³/mol. The number of anilines is 1. The first-order valence-electron chi connectivity index (χ1n) is 6.46. The second kappa shape index (κ2) is 5.27. The molecule has 1 aromatic heterocycles. The van der Waals surface area contributed by atoms with Gasteiger partial charge in [-0.15, -0.1) is 5.10 Å². The number of tetrazole rings is 1. The standard InChI is InChI=1S/C12H14ClN5O2S/c13-10-3-9(4-11(14)5-10)12-15-16-17-18(12)6-8-1-2-21(19,20)7-8/h3-5,8H,1-2,6-7,14H2. The highest BCUT2D eigenvalue weighted by Gasteiger charge is 2.29. The van der Waals surface area contributed by atoms with Crippen LogP contribution >= 0.6 is 11.6 Å². The average molecular weight is 328 g/mol. The molecule has 0 spiro atoms. The van der Waals surface area contributed by atoms with E-state index in [2.05, 4.69) is 15.5 Å². The van der Waals surface area contributed by atoms with Crippen LogP contribution in [-0.2, 0) is 16.4 Å². The van der Waals surface area contributed by atoms with Crippen LogP contribution in [0.2, 0.25) is 5.02 Å². The fourth-order valence-corrected chi connectivity index (χ4v) is 4.63. The van der Waals surface area contributed by atoms with E-state index in [9.17, 15) is 8.42 Å². The van der Waals surface area contributed by atoms with E-state index in [-0.39, 0.29) is 17.4 Å². The van der Waals surface area contributed by atoms with Gasteiger partial charge in [0.15, 0.2) is 15.7 Å². The van der Waals surface area contributed by atoms with Gasteiger partial charge in [0.2, 0.25) is 0 Å². The zero-order valence-electron chi connectivity index (χ0n) is 11.1. The van der Waals surface area contributed by atoms with Crippen molar-refractivity contribution in [2.24, 2.45) is 5.92 Å². The first kappa shape index (κ1) is 14.3. The lowest BCUT2D eigenvalue weighted by Gasteiger charge is -2.09. The average Bonchev–Trinajstić information content (AvgIpc) is 2.95. The molecule has 1 fully saturated rings. The van der Waals surface area contributed by atoms with Crippen LogP contribution in [0.1, 0.15) is 6.42 Å². The third-order valence-corrected chi connectivity index (χ3v) is 5.52. The number of hydrogen-bond donors (Lipinski definition) is 1. The lowest BCUT2D eigenvalue weighted by atomic mass is 10.1. The summed E-state index contributed by atoms with van der Waals surface area (Å²) >= 11 is 5.99. The molecule has 2 N–H and O–H groups in total. The molecule has 9 heteroatoms. The van der Waals surface area contributed by atoms with Gasteiger partial charge in [-0.1, -0.05) is 11.6 Å². The summed E-state index contributed by atoms with van der Waals surface area (Å²) in [4.78, 5) is 0. The summed E-state index contributed by atoms with van der Waals surface area (Å²) in [6.45, 7) is 0.466. The second-order valence-electron chi connectivity index (χ2n) is 5.23. The molecule has 21 heavy (non-hydrogen) atoms. The van der Waals surface area contributed by atoms with Crippen molar-refractivity contribution in [1.29, 1.82) is 0 Å². The van der Waals surface area contributed by atoms with Crippen LogP contribution in [0.25, 0.3) is 11.4 Å². The first-order chi connectivity index (χ1) is 9.93. The van der Waals surface area contributed by atoms with Crippen LogP contribution in [0.15, 0.2) is 18.2 Å². The van der Waals surface area contributed by atoms with Gasteiger partial charge in [-0.2, -0.15) is 0 Å². The molecule has 0 radical (unpaired) electrons. The van der Waals surface area contributed by atoms with E-state index in [0.717, 1.165) is 0 Å². The summed E-state index contributed by atoms with van der Waals surface area (Å²) in [5.41, 5.74) is 7.01. The predicted octanol–water partition coefficient (Wildman–Crippen LogP) is 1.01. The summed E-state index contributed by atoms with van der Waals surface area (Å²) in [6.07, 6.45) is 0.638. The van der Waals surface area contributed by atoms with E-state index in [1.54, 1.807) is 22.9 Å². The van der Waals surface area contributed by atoms with E-state index in [1.165, 1.54) is 0 Å². The van der Waals surface area contributed by atoms with Crippen LogP contribution in [0, 0.1) is 5.92 Å². The van der Waals surface area contributed by atoms with Crippen molar-refractivity contribution in [3.8, 4) is 11.4 Å². The van der Waals surface area contributed by atoms with Crippen LogP contribution < -0.4 is 5.73 Å². The molecule has 0 aliphatic carbocycles. The quantitative estimate of drug-likeness (QED) is 0.844. The van der Waals surface area contributed by atoms with Gasteiger partial charge in [0.1, 0.15) is 0 Å². The maximum atomic E-state index is 11.5. The van der Waals surface area contributed by atoms with E-state index in [1.807, 2.05) is 0 Å². The van der Waals surface area contributed by atoms with Crippen molar-refractivity contribution in [2.75, 3.05) is 17.2 Å². The van der Waals surface area contributed by atoms with Crippen molar-refractivity contribution in [2.45, 2.75) is 13.0 Å². The molecule has 1 unspecified atom stereocenters. The van der Waals surface area contributed by atoms with Crippen LogP contribution in [0.5, 0.6) is 0 Å². The zero-order chi connectivity index (χ0) is 15.0. The molecule has 7 nitrogen and oxygen atoms in total. The van der Waals surface area contributed by atoms with Gasteiger partial charge >= 0.3 is 0 Å². The lowest BCUT2D eigenvalue weighted by molar-refractivity contribution is 0.452. The van der Waals surface area contributed by atoms with Gasteiger partial charge in [0.25, 0.3) is 0 Å². The fourth-order valence-electron chi connectivity index (χ4n) is 2.54. The van der Waals surface area contributed by atoms with Gasteiger partial charge in [0.05, 0.1) is 11.5 Å². The summed E-state index contributed by atoms with van der Waals surface area (Å²) in [6, 6.07) is 5.10. The number of aromatic nitrogens is 4. The molecular formula is C12H14ClN5O2S. The Morgan fingerprint density at radius 3 is 2.86 bits per heavy atom. The van der Waals surface area contributed by atoms with E-state index in [4.69, 9.17) is 17.3 Å². The van der Waals surface area contributed by atoms with Crippen molar-refractivity contribution in [3.63, 3.8) is 0 Å². The number of hydrogen-bond acceptors (Lipinski definition) is 6. The maximum Gasteiger partial charge on any atom is 0.182 e. The fraction of sp³-hybridized carbons (Fsp3) is 0.417. The monoisotopic (exact) mass is 327 g/mol. The number of nitrogens with two attached hydrogens (primary N) is 1. The molecule has 112 valence electrons. The highest BCUT2D eigenvalue weighted by atomic mass is 35.5. The van der Waals surface area contributed by atoms with Gasteiger partial charge in [-0.25, -0.2) is 13.1 Å². The minimum absolute atomic E-state index is 0.0359. The Kier molecular flexibility index (Phi) is 3.58. The molecule has 0 amide bonds. The third-order valence-electron chi connectivity index (χ3n) is 3.47. The highest BCUT2D eigenvalue weighted by molar-refractivity contribution is 7.91. The normalized spacial score (nSPS) is 20.7. The number of halogens is 1. The molecule has 3 rings (SSSR count). The maximum absolute atomic E-state index is 11.5. The topological polar surface area (TPSA) is 104 Å². The number of nitrogen functional groups attached to an aromatic ring is 1. The molecule has 1 atom stereocenters. The van der Waals surface area contributed by atoms with E-state index < -0.39 is 9.84 Å². The lowest BCUT2D eigenvalue weighted by Crippen LogP contribution is -2.14. The first-order valence-corrected chi connectivity index (χ1v) is 8.66. The van der Waals surface area contributed by atoms with Crippen molar-refractivity contribution < 1.29 is 8.42 Å². The summed E-state index contributed by atoms with van der Waals surface area (Å²) in [5.74, 6) is 0.991. The minimum atomic E-state index is -2.91. The Labute approximate surface area is 127 Å².